The van der Waals surface area contributed by atoms with Crippen molar-refractivity contribution in [1.29, 1.82) is 0 Å². The molecule has 0 aliphatic carbocycles. The average Bonchev–Trinajstić information content (AvgIpc) is 3.22. The summed E-state index contributed by atoms with van der Waals surface area (Å²) in [4.78, 5) is 18.2. The van der Waals surface area contributed by atoms with Gasteiger partial charge in [-0.25, -0.2) is 0 Å². The number of H-pyrrole nitrogens is 1. The molecular weight excluding hydrogens is 376 g/mol. The zero-order chi connectivity index (χ0) is 20.7. The lowest BCUT2D eigenvalue weighted by molar-refractivity contribution is -0.0642. The molecule has 0 saturated carbocycles. The summed E-state index contributed by atoms with van der Waals surface area (Å²) in [5, 5.41) is 6.99. The first-order chi connectivity index (χ1) is 14.6. The largest absolute Gasteiger partial charge is 0.497 e. The quantitative estimate of drug-likeness (QED) is 0.843. The highest BCUT2D eigenvalue weighted by atomic mass is 16.5. The molecule has 1 N–H and O–H groups in total. The molecule has 6 heteroatoms. The van der Waals surface area contributed by atoms with E-state index in [1.165, 1.54) is 37.8 Å². The van der Waals surface area contributed by atoms with Crippen LogP contribution in [0.4, 0.5) is 0 Å². The Kier molecular flexibility index (Phi) is 5.27. The number of nitrogens with zero attached hydrogens (tertiary/aromatic N) is 3. The number of methoxy groups -OCH3 is 1. The third-order valence-corrected chi connectivity index (χ3v) is 7.55. The van der Waals surface area contributed by atoms with Crippen LogP contribution in [0.2, 0.25) is 0 Å². The Morgan fingerprint density at radius 2 is 2.13 bits per heavy atom. The van der Waals surface area contributed by atoms with Gasteiger partial charge >= 0.3 is 0 Å². The Morgan fingerprint density at radius 1 is 1.27 bits per heavy atom. The van der Waals surface area contributed by atoms with Crippen molar-refractivity contribution in [1.82, 2.24) is 20.0 Å². The first kappa shape index (κ1) is 19.6. The van der Waals surface area contributed by atoms with Crippen LogP contribution in [-0.4, -0.2) is 64.7 Å². The van der Waals surface area contributed by atoms with E-state index in [9.17, 15) is 4.79 Å². The van der Waals surface area contributed by atoms with Crippen LogP contribution in [0.25, 0.3) is 0 Å². The Hall–Kier alpha value is -2.34. The molecule has 1 aromatic heterocycles. The predicted molar refractivity (Wildman–Crippen MR) is 116 cm³/mol. The van der Waals surface area contributed by atoms with Crippen LogP contribution >= 0.6 is 0 Å². The number of hydrogen-bond acceptors (Lipinski definition) is 4. The molecule has 4 heterocycles. The van der Waals surface area contributed by atoms with Crippen molar-refractivity contribution in [2.45, 2.75) is 51.1 Å². The molecule has 0 unspecified atom stereocenters. The van der Waals surface area contributed by atoms with Crippen LogP contribution in [0, 0.1) is 18.8 Å². The van der Waals surface area contributed by atoms with E-state index >= 15 is 0 Å². The van der Waals surface area contributed by atoms with Crippen LogP contribution in [0.5, 0.6) is 5.75 Å². The van der Waals surface area contributed by atoms with Gasteiger partial charge in [-0.3, -0.25) is 14.8 Å². The predicted octanol–water partition coefficient (Wildman–Crippen LogP) is 3.28. The van der Waals surface area contributed by atoms with Crippen molar-refractivity contribution in [3.63, 3.8) is 0 Å². The van der Waals surface area contributed by atoms with Crippen LogP contribution in [0.3, 0.4) is 0 Å². The summed E-state index contributed by atoms with van der Waals surface area (Å²) in [6.07, 6.45) is 7.81. The molecule has 1 aromatic carbocycles. The number of nitrogens with one attached hydrogen (secondary N) is 1. The van der Waals surface area contributed by atoms with Gasteiger partial charge in [0.05, 0.1) is 18.9 Å². The standard InChI is InChI=1S/C24H32N4O2/c1-16-21(13-25-26-16)24(29)27-14-18-12-19(15-27)23(28-9-4-3-8-22(18)28)11-17-6-5-7-20(10-17)30-2/h5-7,10,13,18-19,22-23H,3-4,8-9,11-12,14-15H2,1-2H3,(H,25,26)/t18-,19+,22+,23+/m1/s1. The maximum absolute atomic E-state index is 13.3. The second-order valence-corrected chi connectivity index (χ2v) is 9.30. The van der Waals surface area contributed by atoms with Gasteiger partial charge in [0.25, 0.3) is 5.91 Å². The number of aryl methyl sites for hydroxylation is 1. The molecule has 2 bridgehead atoms. The Morgan fingerprint density at radius 3 is 2.93 bits per heavy atom. The molecule has 3 fully saturated rings. The molecule has 4 atom stereocenters. The van der Waals surface area contributed by atoms with Crippen LogP contribution in [0.15, 0.2) is 30.5 Å². The monoisotopic (exact) mass is 408 g/mol. The average molecular weight is 409 g/mol. The highest BCUT2D eigenvalue weighted by Crippen LogP contribution is 2.42. The maximum Gasteiger partial charge on any atom is 0.257 e. The van der Waals surface area contributed by atoms with Gasteiger partial charge in [0, 0.05) is 30.9 Å². The van der Waals surface area contributed by atoms with Gasteiger partial charge in [0.2, 0.25) is 0 Å². The molecule has 0 spiro atoms. The maximum atomic E-state index is 13.3. The fourth-order valence-electron chi connectivity index (χ4n) is 6.13. The molecule has 3 aliphatic rings. The zero-order valence-electron chi connectivity index (χ0n) is 18.0. The number of benzene rings is 1. The van der Waals surface area contributed by atoms with Crippen molar-refractivity contribution >= 4 is 5.91 Å². The summed E-state index contributed by atoms with van der Waals surface area (Å²) in [6, 6.07) is 9.58. The lowest BCUT2D eigenvalue weighted by Crippen LogP contribution is -2.64. The number of ether oxygens (including phenoxy) is 1. The molecule has 1 amide bonds. The summed E-state index contributed by atoms with van der Waals surface area (Å²) in [7, 11) is 1.73. The summed E-state index contributed by atoms with van der Waals surface area (Å²) < 4.78 is 5.46. The van der Waals surface area contributed by atoms with Crippen molar-refractivity contribution in [2.75, 3.05) is 26.7 Å². The molecule has 0 radical (unpaired) electrons. The first-order valence-corrected chi connectivity index (χ1v) is 11.3. The molecule has 160 valence electrons. The number of amides is 1. The minimum absolute atomic E-state index is 0.139. The summed E-state index contributed by atoms with van der Waals surface area (Å²) in [5.74, 6) is 2.16. The van der Waals surface area contributed by atoms with Gasteiger partial charge in [-0.2, -0.15) is 5.10 Å². The number of piperidine rings is 3. The number of hydrogen-bond donors (Lipinski definition) is 1. The molecule has 3 aliphatic heterocycles. The topological polar surface area (TPSA) is 61.5 Å². The molecule has 5 rings (SSSR count). The van der Waals surface area contributed by atoms with E-state index in [2.05, 4.69) is 38.2 Å². The van der Waals surface area contributed by atoms with Gasteiger partial charge in [0.15, 0.2) is 0 Å². The Balaban J connectivity index is 1.41. The molecule has 3 saturated heterocycles. The Bertz CT molecular complexity index is 910. The first-order valence-electron chi connectivity index (χ1n) is 11.3. The van der Waals surface area contributed by atoms with Crippen molar-refractivity contribution in [2.24, 2.45) is 11.8 Å². The van der Waals surface area contributed by atoms with E-state index in [4.69, 9.17) is 4.74 Å². The summed E-state index contributed by atoms with van der Waals surface area (Å²) >= 11 is 0. The SMILES string of the molecule is COc1cccc(C[C@H]2[C@H]3C[C@H](CN(C(=O)c4cn[nH]c4C)C3)[C@@H]3CCCCN32)c1. The molecule has 2 aromatic rings. The van der Waals surface area contributed by atoms with E-state index in [0.29, 0.717) is 23.9 Å². The van der Waals surface area contributed by atoms with E-state index in [1.54, 1.807) is 13.3 Å². The van der Waals surface area contributed by atoms with E-state index in [-0.39, 0.29) is 5.91 Å². The van der Waals surface area contributed by atoms with Crippen LogP contribution < -0.4 is 4.74 Å². The summed E-state index contributed by atoms with van der Waals surface area (Å²) in [5.41, 5.74) is 2.92. The number of likely N-dealkylation sites (tertiary alicyclic amines) is 1. The minimum atomic E-state index is 0.139. The number of fused-ring (bicyclic) bond motifs is 4. The lowest BCUT2D eigenvalue weighted by Gasteiger charge is -2.57. The minimum Gasteiger partial charge on any atom is -0.497 e. The lowest BCUT2D eigenvalue weighted by atomic mass is 9.71. The molecule has 30 heavy (non-hydrogen) atoms. The van der Waals surface area contributed by atoms with Gasteiger partial charge in [-0.15, -0.1) is 0 Å². The van der Waals surface area contributed by atoms with Crippen molar-refractivity contribution < 1.29 is 9.53 Å². The van der Waals surface area contributed by atoms with Gasteiger partial charge in [-0.1, -0.05) is 18.6 Å². The highest BCUT2D eigenvalue weighted by molar-refractivity contribution is 5.95. The van der Waals surface area contributed by atoms with Crippen molar-refractivity contribution in [3.8, 4) is 5.75 Å². The smallest absolute Gasteiger partial charge is 0.257 e. The second-order valence-electron chi connectivity index (χ2n) is 9.30. The number of carbonyl (C=O) groups excluding carboxylic acids is 1. The molecule has 6 nitrogen and oxygen atoms in total. The van der Waals surface area contributed by atoms with E-state index < -0.39 is 0 Å². The summed E-state index contributed by atoms with van der Waals surface area (Å²) in [6.45, 7) is 4.85. The third kappa shape index (κ3) is 3.51. The van der Waals surface area contributed by atoms with Crippen LogP contribution in [-0.2, 0) is 6.42 Å². The fourth-order valence-corrected chi connectivity index (χ4v) is 6.13. The molecular formula is C24H32N4O2. The van der Waals surface area contributed by atoms with Gasteiger partial charge < -0.3 is 9.64 Å². The van der Waals surface area contributed by atoms with Crippen molar-refractivity contribution in [3.05, 3.63) is 47.3 Å². The normalized spacial score (nSPS) is 28.8. The number of carbonyl (C=O) groups is 1. The van der Waals surface area contributed by atoms with Gasteiger partial charge in [0.1, 0.15) is 5.75 Å². The Labute approximate surface area is 178 Å². The number of aromatic nitrogens is 2. The number of aromatic amines is 1. The van der Waals surface area contributed by atoms with E-state index in [0.717, 1.165) is 36.5 Å². The van der Waals surface area contributed by atoms with Crippen LogP contribution in [0.1, 0.15) is 47.3 Å². The van der Waals surface area contributed by atoms with Gasteiger partial charge in [-0.05, 0) is 68.7 Å². The third-order valence-electron chi connectivity index (χ3n) is 7.55. The zero-order valence-corrected chi connectivity index (χ0v) is 18.0. The number of rotatable bonds is 4. The second kappa shape index (κ2) is 8.06. The highest BCUT2D eigenvalue weighted by Gasteiger charge is 2.48. The fraction of sp³-hybridized carbons (Fsp3) is 0.583. The van der Waals surface area contributed by atoms with E-state index in [1.807, 2.05) is 13.0 Å².